The highest BCUT2D eigenvalue weighted by molar-refractivity contribution is 5.91. The predicted octanol–water partition coefficient (Wildman–Crippen LogP) is 2.80. The number of ether oxygens (including phenoxy) is 1. The van der Waals surface area contributed by atoms with Crippen LogP contribution in [0.15, 0.2) is 51.7 Å². The van der Waals surface area contributed by atoms with Crippen molar-refractivity contribution in [3.8, 4) is 11.5 Å². The quantitative estimate of drug-likeness (QED) is 0.716. The lowest BCUT2D eigenvalue weighted by molar-refractivity contribution is 0.0693. The van der Waals surface area contributed by atoms with E-state index in [1.165, 1.54) is 19.2 Å². The van der Waals surface area contributed by atoms with Crippen LogP contribution in [0.3, 0.4) is 0 Å². The van der Waals surface area contributed by atoms with Gasteiger partial charge in [0.2, 0.25) is 0 Å². The van der Waals surface area contributed by atoms with Gasteiger partial charge in [0.15, 0.2) is 0 Å². The van der Waals surface area contributed by atoms with Gasteiger partial charge in [-0.2, -0.15) is 0 Å². The van der Waals surface area contributed by atoms with Gasteiger partial charge in [0, 0.05) is 6.42 Å². The largest absolute Gasteiger partial charge is 0.507 e. The summed E-state index contributed by atoms with van der Waals surface area (Å²) < 4.78 is 10.2. The number of fused-ring (bicyclic) bond motifs is 1. The monoisotopic (exact) mass is 326 g/mol. The molecule has 0 aliphatic heterocycles. The fourth-order valence-corrected chi connectivity index (χ4v) is 2.56. The van der Waals surface area contributed by atoms with Gasteiger partial charge in [-0.25, -0.2) is 9.59 Å². The fraction of sp³-hybridized carbons (Fsp3) is 0.111. The van der Waals surface area contributed by atoms with Crippen LogP contribution in [0.25, 0.3) is 11.0 Å². The molecule has 0 radical (unpaired) electrons. The smallest absolute Gasteiger partial charge is 0.343 e. The van der Waals surface area contributed by atoms with Crippen molar-refractivity contribution in [3.05, 3.63) is 69.6 Å². The van der Waals surface area contributed by atoms with Gasteiger partial charge in [0.1, 0.15) is 22.6 Å². The van der Waals surface area contributed by atoms with Crippen molar-refractivity contribution in [3.63, 3.8) is 0 Å². The molecule has 0 atom stereocenters. The first-order chi connectivity index (χ1) is 11.5. The lowest BCUT2D eigenvalue weighted by atomic mass is 10.0. The SMILES string of the molecule is COc1ccc(Cc2c(O)c3ccccc3oc2=O)cc1C(=O)O. The zero-order chi connectivity index (χ0) is 17.3. The molecule has 3 aromatic rings. The van der Waals surface area contributed by atoms with Crippen LogP contribution >= 0.6 is 0 Å². The van der Waals surface area contributed by atoms with Gasteiger partial charge in [-0.15, -0.1) is 0 Å². The minimum Gasteiger partial charge on any atom is -0.507 e. The molecule has 6 nitrogen and oxygen atoms in total. The summed E-state index contributed by atoms with van der Waals surface area (Å²) in [6, 6.07) is 11.2. The number of methoxy groups -OCH3 is 1. The molecule has 0 saturated carbocycles. The van der Waals surface area contributed by atoms with E-state index in [4.69, 9.17) is 9.15 Å². The summed E-state index contributed by atoms with van der Waals surface area (Å²) in [6.45, 7) is 0. The molecule has 6 heteroatoms. The van der Waals surface area contributed by atoms with Gasteiger partial charge < -0.3 is 19.4 Å². The first-order valence-electron chi connectivity index (χ1n) is 7.15. The molecule has 0 amide bonds. The Bertz CT molecular complexity index is 986. The second-order valence-electron chi connectivity index (χ2n) is 5.23. The minimum atomic E-state index is -1.14. The molecule has 24 heavy (non-hydrogen) atoms. The van der Waals surface area contributed by atoms with E-state index in [0.717, 1.165) is 0 Å². The molecule has 0 fully saturated rings. The minimum absolute atomic E-state index is 0.0142. The molecule has 2 N–H and O–H groups in total. The van der Waals surface area contributed by atoms with Crippen molar-refractivity contribution in [1.29, 1.82) is 0 Å². The first-order valence-corrected chi connectivity index (χ1v) is 7.15. The van der Waals surface area contributed by atoms with Crippen LogP contribution in [0.2, 0.25) is 0 Å². The Morgan fingerprint density at radius 1 is 1.21 bits per heavy atom. The fourth-order valence-electron chi connectivity index (χ4n) is 2.56. The van der Waals surface area contributed by atoms with Crippen molar-refractivity contribution in [2.75, 3.05) is 7.11 Å². The Morgan fingerprint density at radius 3 is 2.67 bits per heavy atom. The molecule has 0 aliphatic carbocycles. The summed E-state index contributed by atoms with van der Waals surface area (Å²) in [7, 11) is 1.38. The number of aromatic carboxylic acids is 1. The third-order valence-corrected chi connectivity index (χ3v) is 3.75. The number of hydrogen-bond donors (Lipinski definition) is 2. The predicted molar refractivity (Wildman–Crippen MR) is 86.9 cm³/mol. The number of rotatable bonds is 4. The highest BCUT2D eigenvalue weighted by Gasteiger charge is 2.17. The molecule has 0 bridgehead atoms. The second kappa shape index (κ2) is 6.08. The van der Waals surface area contributed by atoms with Gasteiger partial charge in [-0.05, 0) is 29.8 Å². The van der Waals surface area contributed by atoms with Gasteiger partial charge >= 0.3 is 11.6 Å². The zero-order valence-electron chi connectivity index (χ0n) is 12.8. The molecule has 3 rings (SSSR count). The maximum Gasteiger partial charge on any atom is 0.343 e. The summed E-state index contributed by atoms with van der Waals surface area (Å²) in [5.74, 6) is -1.07. The van der Waals surface area contributed by atoms with Gasteiger partial charge in [0.25, 0.3) is 0 Å². The summed E-state index contributed by atoms with van der Waals surface area (Å²) in [5.41, 5.74) is 0.254. The Hall–Kier alpha value is -3.28. The van der Waals surface area contributed by atoms with Gasteiger partial charge in [-0.3, -0.25) is 0 Å². The molecule has 1 aromatic heterocycles. The van der Waals surface area contributed by atoms with Crippen molar-refractivity contribution in [2.24, 2.45) is 0 Å². The molecule has 122 valence electrons. The third-order valence-electron chi connectivity index (χ3n) is 3.75. The van der Waals surface area contributed by atoms with Crippen LogP contribution in [0.4, 0.5) is 0 Å². The molecule has 0 saturated heterocycles. The van der Waals surface area contributed by atoms with E-state index >= 15 is 0 Å². The third kappa shape index (κ3) is 2.69. The lowest BCUT2D eigenvalue weighted by Gasteiger charge is -2.09. The molecule has 0 aliphatic rings. The van der Waals surface area contributed by atoms with Crippen LogP contribution in [0, 0.1) is 0 Å². The number of carboxylic acid groups (broad SMARTS) is 1. The Labute approximate surface area is 136 Å². The van der Waals surface area contributed by atoms with Gasteiger partial charge in [-0.1, -0.05) is 18.2 Å². The maximum absolute atomic E-state index is 12.1. The Balaban J connectivity index is 2.09. The maximum atomic E-state index is 12.1. The van der Waals surface area contributed by atoms with Crippen LogP contribution in [-0.4, -0.2) is 23.3 Å². The van der Waals surface area contributed by atoms with Gasteiger partial charge in [0.05, 0.1) is 18.1 Å². The number of para-hydroxylation sites is 1. The number of carboxylic acids is 1. The normalized spacial score (nSPS) is 10.7. The molecule has 0 unspecified atom stereocenters. The molecule has 1 heterocycles. The van der Waals surface area contributed by atoms with E-state index in [0.29, 0.717) is 16.5 Å². The number of aromatic hydroxyl groups is 1. The van der Waals surface area contributed by atoms with E-state index in [2.05, 4.69) is 0 Å². The number of carbonyl (C=O) groups is 1. The number of benzene rings is 2. The van der Waals surface area contributed by atoms with Crippen LogP contribution in [0.5, 0.6) is 11.5 Å². The summed E-state index contributed by atoms with van der Waals surface area (Å²) in [4.78, 5) is 23.4. The van der Waals surface area contributed by atoms with Crippen molar-refractivity contribution < 1.29 is 24.2 Å². The average molecular weight is 326 g/mol. The zero-order valence-corrected chi connectivity index (χ0v) is 12.8. The van der Waals surface area contributed by atoms with E-state index in [1.54, 1.807) is 30.3 Å². The standard InChI is InChI=1S/C18H14O6/c1-23-14-7-6-10(8-12(14)17(20)21)9-13-16(19)11-4-2-3-5-15(11)24-18(13)22/h2-8,19H,9H2,1H3,(H,20,21). The Kier molecular flexibility index (Phi) is 3.95. The van der Waals surface area contributed by atoms with E-state index in [1.807, 2.05) is 0 Å². The average Bonchev–Trinajstić information content (AvgIpc) is 2.58. The Morgan fingerprint density at radius 2 is 1.96 bits per heavy atom. The van der Waals surface area contributed by atoms with Crippen molar-refractivity contribution in [2.45, 2.75) is 6.42 Å². The summed E-state index contributed by atoms with van der Waals surface area (Å²) in [6.07, 6.45) is 0.0449. The van der Waals surface area contributed by atoms with Crippen molar-refractivity contribution >= 4 is 16.9 Å². The van der Waals surface area contributed by atoms with E-state index < -0.39 is 11.6 Å². The van der Waals surface area contributed by atoms with Crippen LogP contribution in [0.1, 0.15) is 21.5 Å². The van der Waals surface area contributed by atoms with E-state index in [9.17, 15) is 19.8 Å². The molecular formula is C18H14O6. The molecule has 2 aromatic carbocycles. The highest BCUT2D eigenvalue weighted by atomic mass is 16.5. The number of hydrogen-bond acceptors (Lipinski definition) is 5. The van der Waals surface area contributed by atoms with E-state index in [-0.39, 0.29) is 29.0 Å². The highest BCUT2D eigenvalue weighted by Crippen LogP contribution is 2.28. The summed E-state index contributed by atoms with van der Waals surface area (Å²) >= 11 is 0. The second-order valence-corrected chi connectivity index (χ2v) is 5.23. The first kappa shape index (κ1) is 15.6. The van der Waals surface area contributed by atoms with Crippen molar-refractivity contribution in [1.82, 2.24) is 0 Å². The molecular weight excluding hydrogens is 312 g/mol. The van der Waals surface area contributed by atoms with Crippen LogP contribution in [-0.2, 0) is 6.42 Å². The van der Waals surface area contributed by atoms with Crippen LogP contribution < -0.4 is 10.4 Å². The lowest BCUT2D eigenvalue weighted by Crippen LogP contribution is -2.09. The topological polar surface area (TPSA) is 97.0 Å². The molecule has 0 spiro atoms. The summed E-state index contributed by atoms with van der Waals surface area (Å²) in [5, 5.41) is 20.0.